The molecule has 3 unspecified atom stereocenters. The molecule has 1 nitrogen and oxygen atoms in total. The van der Waals surface area contributed by atoms with Crippen LogP contribution in [0.2, 0.25) is 0 Å². The van der Waals surface area contributed by atoms with Crippen LogP contribution in [-0.4, -0.2) is 8.92 Å². The van der Waals surface area contributed by atoms with Crippen molar-refractivity contribution in [1.82, 2.24) is 0 Å². The van der Waals surface area contributed by atoms with Crippen molar-refractivity contribution in [3.8, 4) is 0 Å². The van der Waals surface area contributed by atoms with Crippen LogP contribution in [0.1, 0.15) is 22.1 Å². The minimum atomic E-state index is -1.34. The van der Waals surface area contributed by atoms with E-state index in [1.807, 2.05) is 62.4 Å². The normalized spacial score (nSPS) is 15.6. The predicted octanol–water partition coefficient (Wildman–Crippen LogP) is 4.96. The van der Waals surface area contributed by atoms with Gasteiger partial charge in [-0.05, 0) is 31.5 Å². The Balaban J connectivity index is 2.17. The quantitative estimate of drug-likeness (QED) is 0.726. The third-order valence-corrected chi connectivity index (χ3v) is 6.02. The molecule has 2 aromatic rings. The molecule has 0 saturated carbocycles. The second-order valence-electron chi connectivity index (χ2n) is 4.77. The van der Waals surface area contributed by atoms with Crippen LogP contribution in [-0.2, 0) is 10.8 Å². The summed E-state index contributed by atoms with van der Waals surface area (Å²) in [5.74, 6) is 0. The van der Waals surface area contributed by atoms with Crippen LogP contribution in [0.4, 0.5) is 0 Å². The van der Waals surface area contributed by atoms with E-state index >= 15 is 0 Å². The van der Waals surface area contributed by atoms with Crippen LogP contribution in [0.3, 0.4) is 0 Å². The van der Waals surface area contributed by atoms with Crippen LogP contribution in [0, 0.1) is 13.8 Å². The summed E-state index contributed by atoms with van der Waals surface area (Å²) in [5.41, 5.74) is 3.17. The van der Waals surface area contributed by atoms with Gasteiger partial charge in [0.05, 0.1) is 16.2 Å². The smallest absolute Gasteiger partial charge is 0.134 e. The van der Waals surface area contributed by atoms with Crippen LogP contribution < -0.4 is 0 Å². The molecule has 0 aliphatic carbocycles. The molecule has 0 bridgehead atoms. The highest BCUT2D eigenvalue weighted by atomic mass is 35.5. The van der Waals surface area contributed by atoms with E-state index < -0.39 is 20.9 Å². The minimum Gasteiger partial charge on any atom is -0.253 e. The van der Waals surface area contributed by atoms with Crippen LogP contribution in [0.25, 0.3) is 0 Å². The number of rotatable bonds is 4. The molecule has 20 heavy (non-hydrogen) atoms. The Morgan fingerprint density at radius 1 is 0.850 bits per heavy atom. The van der Waals surface area contributed by atoms with Gasteiger partial charge in [-0.15, -0.1) is 23.2 Å². The Hall–Kier alpha value is -0.830. The van der Waals surface area contributed by atoms with Crippen molar-refractivity contribution >= 4 is 34.0 Å². The average molecular weight is 327 g/mol. The molecule has 0 aliphatic heterocycles. The minimum absolute atomic E-state index is 0.487. The molecule has 106 valence electrons. The largest absolute Gasteiger partial charge is 0.253 e. The first-order chi connectivity index (χ1) is 9.49. The summed E-state index contributed by atoms with van der Waals surface area (Å²) in [6.07, 6.45) is 0. The van der Waals surface area contributed by atoms with Crippen molar-refractivity contribution in [3.63, 3.8) is 0 Å². The van der Waals surface area contributed by atoms with Gasteiger partial charge in [0.25, 0.3) is 0 Å². The maximum absolute atomic E-state index is 12.4. The lowest BCUT2D eigenvalue weighted by atomic mass is 10.1. The highest BCUT2D eigenvalue weighted by molar-refractivity contribution is 7.87. The molecule has 0 radical (unpaired) electrons. The lowest BCUT2D eigenvalue weighted by Gasteiger charge is -2.16. The Morgan fingerprint density at radius 2 is 1.30 bits per heavy atom. The van der Waals surface area contributed by atoms with Crippen LogP contribution >= 0.6 is 23.2 Å². The Kier molecular flexibility index (Phi) is 5.25. The molecule has 0 N–H and O–H groups in total. The molecule has 2 aromatic carbocycles. The summed E-state index contributed by atoms with van der Waals surface area (Å²) in [6, 6.07) is 15.3. The average Bonchev–Trinajstić information content (AvgIpc) is 2.46. The molecule has 0 aliphatic rings. The molecule has 2 rings (SSSR count). The number of alkyl halides is 2. The zero-order valence-electron chi connectivity index (χ0n) is 11.3. The summed E-state index contributed by atoms with van der Waals surface area (Å²) < 4.78 is 11.8. The molecule has 0 spiro atoms. The fourth-order valence-corrected chi connectivity index (χ4v) is 3.73. The predicted molar refractivity (Wildman–Crippen MR) is 87.0 cm³/mol. The number of hydrogen-bond donors (Lipinski definition) is 0. The van der Waals surface area contributed by atoms with Gasteiger partial charge in [0.15, 0.2) is 0 Å². The van der Waals surface area contributed by atoms with E-state index in [-0.39, 0.29) is 0 Å². The van der Waals surface area contributed by atoms with Gasteiger partial charge in [0.2, 0.25) is 0 Å². The van der Waals surface area contributed by atoms with Gasteiger partial charge >= 0.3 is 0 Å². The number of aryl methyl sites for hydroxylation is 2. The SMILES string of the molecule is Cc1ccc(C(Cl)C(Cl)S(=O)c2ccc(C)cc2)cc1. The molecule has 0 saturated heterocycles. The zero-order valence-corrected chi connectivity index (χ0v) is 13.7. The summed E-state index contributed by atoms with van der Waals surface area (Å²) in [5, 5.41) is -0.487. The van der Waals surface area contributed by atoms with E-state index in [9.17, 15) is 4.21 Å². The molecule has 0 fully saturated rings. The molecular formula is C16H16Cl2OS. The van der Waals surface area contributed by atoms with E-state index in [4.69, 9.17) is 23.2 Å². The van der Waals surface area contributed by atoms with Gasteiger partial charge in [0.1, 0.15) is 4.71 Å². The first kappa shape index (κ1) is 15.6. The van der Waals surface area contributed by atoms with Crippen LogP contribution in [0.5, 0.6) is 0 Å². The van der Waals surface area contributed by atoms with Crippen molar-refractivity contribution in [1.29, 1.82) is 0 Å². The molecule has 3 atom stereocenters. The highest BCUT2D eigenvalue weighted by Gasteiger charge is 2.25. The second kappa shape index (κ2) is 6.75. The van der Waals surface area contributed by atoms with Gasteiger partial charge in [-0.25, -0.2) is 0 Å². The highest BCUT2D eigenvalue weighted by Crippen LogP contribution is 2.32. The van der Waals surface area contributed by atoms with Crippen molar-refractivity contribution < 1.29 is 4.21 Å². The van der Waals surface area contributed by atoms with E-state index in [1.165, 1.54) is 0 Å². The van der Waals surface area contributed by atoms with E-state index in [0.717, 1.165) is 16.7 Å². The van der Waals surface area contributed by atoms with Crippen molar-refractivity contribution in [2.75, 3.05) is 0 Å². The summed E-state index contributed by atoms with van der Waals surface area (Å²) in [6.45, 7) is 4.00. The third kappa shape index (κ3) is 3.63. The van der Waals surface area contributed by atoms with Crippen molar-refractivity contribution in [3.05, 3.63) is 65.2 Å². The van der Waals surface area contributed by atoms with Crippen molar-refractivity contribution in [2.24, 2.45) is 0 Å². The second-order valence-corrected chi connectivity index (χ2v) is 7.55. The molecule has 0 aromatic heterocycles. The molecular weight excluding hydrogens is 311 g/mol. The number of halogens is 2. The van der Waals surface area contributed by atoms with Gasteiger partial charge in [-0.2, -0.15) is 0 Å². The maximum Gasteiger partial charge on any atom is 0.134 e. The van der Waals surface area contributed by atoms with E-state index in [1.54, 1.807) is 0 Å². The number of hydrogen-bond acceptors (Lipinski definition) is 1. The maximum atomic E-state index is 12.4. The van der Waals surface area contributed by atoms with E-state index in [2.05, 4.69) is 0 Å². The summed E-state index contributed by atoms with van der Waals surface area (Å²) in [4.78, 5) is 0.702. The first-order valence-corrected chi connectivity index (χ1v) is 8.39. The molecule has 0 heterocycles. The summed E-state index contributed by atoms with van der Waals surface area (Å²) in [7, 11) is -1.34. The van der Waals surface area contributed by atoms with Crippen LogP contribution in [0.15, 0.2) is 53.4 Å². The van der Waals surface area contributed by atoms with Crippen molar-refractivity contribution in [2.45, 2.75) is 28.8 Å². The Morgan fingerprint density at radius 3 is 1.80 bits per heavy atom. The molecule has 0 amide bonds. The van der Waals surface area contributed by atoms with E-state index in [0.29, 0.717) is 4.90 Å². The Bertz CT molecular complexity index is 593. The monoisotopic (exact) mass is 326 g/mol. The third-order valence-electron chi connectivity index (χ3n) is 3.08. The lowest BCUT2D eigenvalue weighted by molar-refractivity contribution is 0.679. The number of benzene rings is 2. The van der Waals surface area contributed by atoms with Gasteiger partial charge in [0, 0.05) is 4.90 Å². The zero-order chi connectivity index (χ0) is 14.7. The van der Waals surface area contributed by atoms with Gasteiger partial charge < -0.3 is 0 Å². The standard InChI is InChI=1S/C16H16Cl2OS/c1-11-3-7-13(8-4-11)15(17)16(18)20(19)14-9-5-12(2)6-10-14/h3-10,15-16H,1-2H3. The van der Waals surface area contributed by atoms with Gasteiger partial charge in [-0.1, -0.05) is 47.5 Å². The lowest BCUT2D eigenvalue weighted by Crippen LogP contribution is -2.14. The fourth-order valence-electron chi connectivity index (χ4n) is 1.81. The van der Waals surface area contributed by atoms with Gasteiger partial charge in [-0.3, -0.25) is 4.21 Å². The first-order valence-electron chi connectivity index (χ1n) is 6.31. The molecule has 4 heteroatoms. The summed E-state index contributed by atoms with van der Waals surface area (Å²) >= 11 is 12.7. The topological polar surface area (TPSA) is 17.1 Å². The fraction of sp³-hybridized carbons (Fsp3) is 0.250. The Labute approximate surface area is 132 Å².